The monoisotopic (exact) mass is 1130 g/mol. The molecule has 2 aromatic heterocycles. The topological polar surface area (TPSA) is 50.9 Å². The number of benzene rings is 5. The van der Waals surface area contributed by atoms with Crippen LogP contribution in [0.5, 0.6) is 5.75 Å². The summed E-state index contributed by atoms with van der Waals surface area (Å²) in [5.74, 6) is 1.12. The van der Waals surface area contributed by atoms with Gasteiger partial charge in [0.15, 0.2) is 0 Å². The Morgan fingerprint density at radius 1 is 0.623 bits per heavy atom. The number of aromatic hydroxyl groups is 1. The van der Waals surface area contributed by atoms with Crippen molar-refractivity contribution < 1.29 is 26.2 Å². The van der Waals surface area contributed by atoms with Crippen molar-refractivity contribution in [2.75, 3.05) is 0 Å². The van der Waals surface area contributed by atoms with Gasteiger partial charge in [0.2, 0.25) is 0 Å². The normalized spacial score (nSPS) is 17.2. The van der Waals surface area contributed by atoms with Crippen LogP contribution in [0, 0.1) is 6.07 Å². The van der Waals surface area contributed by atoms with E-state index in [1.807, 2.05) is 6.20 Å². The molecule has 0 amide bonds. The molecule has 7 aromatic rings. The van der Waals surface area contributed by atoms with Gasteiger partial charge in [-0.25, -0.2) is 4.98 Å². The Morgan fingerprint density at radius 2 is 1.23 bits per heavy atom. The van der Waals surface area contributed by atoms with Crippen LogP contribution in [0.15, 0.2) is 97.2 Å². The molecule has 0 saturated heterocycles. The minimum Gasteiger partial charge on any atom is -0.507 e. The van der Waals surface area contributed by atoms with Gasteiger partial charge in [-0.05, 0) is 97.2 Å². The number of phenolic OH excluding ortho intramolecular Hbond substituents is 1. The fourth-order valence-corrected chi connectivity index (χ4v) is 18.1. The van der Waals surface area contributed by atoms with Gasteiger partial charge >= 0.3 is 0 Å². The first-order valence-corrected chi connectivity index (χ1v) is 31.6. The molecule has 5 aromatic carbocycles. The van der Waals surface area contributed by atoms with Crippen LogP contribution >= 0.6 is 0 Å². The number of para-hydroxylation sites is 1. The van der Waals surface area contributed by atoms with E-state index in [2.05, 4.69) is 218 Å². The van der Waals surface area contributed by atoms with Crippen LogP contribution in [-0.4, -0.2) is 35.8 Å². The van der Waals surface area contributed by atoms with Crippen molar-refractivity contribution in [2.45, 2.75) is 168 Å². The van der Waals surface area contributed by atoms with E-state index in [1.165, 1.54) is 41.7 Å². The number of hydrogen-bond donors (Lipinski definition) is 1. The Labute approximate surface area is 431 Å². The number of aromatic nitrogens is 3. The summed E-state index contributed by atoms with van der Waals surface area (Å²) in [7, 11) is -3.95. The van der Waals surface area contributed by atoms with Crippen molar-refractivity contribution in [3.63, 3.8) is 0 Å². The molecule has 0 spiro atoms. The standard InChI is InChI=1S/C62H76N3OSi2.Pt/c1-58(2,3)43-33-41(32-42(34-43)48-35-40(26-29-63-48)39-22-19-18-20-23-39)45-24-21-25-49-54(45)64-57(46-36-44(59(4,5)6)37-47(55(46)66)60(7,8)9)65(49)50-38-51-52(61(10,11)27-30-67(51,14)15)53-56(50)68(16,17)31-28-62(53,12)13;/h18-26,29,33-38,66H,27-28,30-31H2,1-17H3;/q-1;. The van der Waals surface area contributed by atoms with E-state index in [4.69, 9.17) is 9.97 Å². The third-order valence-electron chi connectivity index (χ3n) is 15.9. The molecule has 0 aliphatic carbocycles. The Kier molecular flexibility index (Phi) is 12.7. The molecule has 1 N–H and O–H groups in total. The first-order valence-electron chi connectivity index (χ1n) is 25.2. The summed E-state index contributed by atoms with van der Waals surface area (Å²) in [6, 6.07) is 39.7. The predicted octanol–water partition coefficient (Wildman–Crippen LogP) is 15.7. The molecule has 0 unspecified atom stereocenters. The number of rotatable bonds is 5. The summed E-state index contributed by atoms with van der Waals surface area (Å²) >= 11 is 0. The summed E-state index contributed by atoms with van der Waals surface area (Å²) in [5.41, 5.74) is 16.3. The first-order chi connectivity index (χ1) is 31.5. The molecular formula is C62H76N3OPtSi2-. The molecule has 2 aliphatic heterocycles. The number of hydrogen-bond acceptors (Lipinski definition) is 3. The maximum absolute atomic E-state index is 12.9. The van der Waals surface area contributed by atoms with Crippen molar-refractivity contribution in [1.29, 1.82) is 0 Å². The number of imidazole rings is 1. The largest absolute Gasteiger partial charge is 0.507 e. The van der Waals surface area contributed by atoms with Crippen LogP contribution in [0.2, 0.25) is 38.3 Å². The van der Waals surface area contributed by atoms with Crippen molar-refractivity contribution in [3.8, 4) is 56.3 Å². The molecule has 0 atom stereocenters. The van der Waals surface area contributed by atoms with Gasteiger partial charge in [-0.15, -0.1) is 29.3 Å². The zero-order valence-corrected chi connectivity index (χ0v) is 48.9. The molecule has 0 radical (unpaired) electrons. The molecular weight excluding hydrogens is 1050 g/mol. The van der Waals surface area contributed by atoms with Crippen LogP contribution in [0.4, 0.5) is 0 Å². The third-order valence-corrected chi connectivity index (χ3v) is 22.6. The molecule has 9 rings (SSSR count). The molecule has 0 saturated carbocycles. The fourth-order valence-electron chi connectivity index (χ4n) is 11.4. The smallest absolute Gasteiger partial charge is 0.148 e. The quantitative estimate of drug-likeness (QED) is 0.138. The van der Waals surface area contributed by atoms with Crippen molar-refractivity contribution in [1.82, 2.24) is 14.5 Å². The van der Waals surface area contributed by atoms with Gasteiger partial charge in [0.1, 0.15) is 11.6 Å². The van der Waals surface area contributed by atoms with Gasteiger partial charge in [0, 0.05) is 44.2 Å². The van der Waals surface area contributed by atoms with Crippen LogP contribution < -0.4 is 10.4 Å². The Balaban J connectivity index is 0.00000642. The van der Waals surface area contributed by atoms with E-state index in [0.717, 1.165) is 61.5 Å². The molecule has 0 fully saturated rings. The Hall–Kier alpha value is -4.36. The summed E-state index contributed by atoms with van der Waals surface area (Å²) < 4.78 is 2.52. The predicted molar refractivity (Wildman–Crippen MR) is 296 cm³/mol. The average Bonchev–Trinajstić information content (AvgIpc) is 3.65. The molecule has 4 heterocycles. The Bertz CT molecular complexity index is 3140. The zero-order valence-electron chi connectivity index (χ0n) is 44.7. The van der Waals surface area contributed by atoms with E-state index < -0.39 is 16.1 Å². The Morgan fingerprint density at radius 3 is 1.87 bits per heavy atom. The second-order valence-corrected chi connectivity index (χ2v) is 35.8. The van der Waals surface area contributed by atoms with E-state index in [1.54, 1.807) is 21.5 Å². The summed E-state index contributed by atoms with van der Waals surface area (Å²) in [4.78, 5) is 10.9. The number of pyridine rings is 1. The van der Waals surface area contributed by atoms with E-state index in [-0.39, 0.29) is 48.1 Å². The van der Waals surface area contributed by atoms with E-state index in [9.17, 15) is 5.11 Å². The molecule has 4 nitrogen and oxygen atoms in total. The summed E-state index contributed by atoms with van der Waals surface area (Å²) in [6.07, 6.45) is 4.35. The minimum absolute atomic E-state index is 0. The van der Waals surface area contributed by atoms with Crippen molar-refractivity contribution >= 4 is 37.6 Å². The second-order valence-electron chi connectivity index (χ2n) is 26.2. The van der Waals surface area contributed by atoms with E-state index in [0.29, 0.717) is 5.75 Å². The molecule has 69 heavy (non-hydrogen) atoms. The van der Waals surface area contributed by atoms with Crippen LogP contribution in [-0.2, 0) is 48.1 Å². The molecule has 2 aliphatic rings. The zero-order chi connectivity index (χ0) is 49.3. The van der Waals surface area contributed by atoms with Gasteiger partial charge in [-0.1, -0.05) is 199 Å². The number of phenols is 1. The van der Waals surface area contributed by atoms with Gasteiger partial charge in [0.25, 0.3) is 0 Å². The summed E-state index contributed by atoms with van der Waals surface area (Å²) in [5, 5.41) is 16.0. The van der Waals surface area contributed by atoms with E-state index >= 15 is 0 Å². The fraction of sp³-hybridized carbons (Fsp3) is 0.419. The van der Waals surface area contributed by atoms with Crippen LogP contribution in [0.25, 0.3) is 61.6 Å². The first kappa shape index (κ1) is 51.0. The maximum Gasteiger partial charge on any atom is 0.148 e. The number of fused-ring (bicyclic) bond motifs is 4. The van der Waals surface area contributed by atoms with Gasteiger partial charge in [-0.2, -0.15) is 0 Å². The minimum atomic E-state index is -2.06. The molecule has 0 bridgehead atoms. The molecule has 364 valence electrons. The van der Waals surface area contributed by atoms with Gasteiger partial charge in [-0.3, -0.25) is 9.55 Å². The van der Waals surface area contributed by atoms with Gasteiger partial charge < -0.3 is 5.11 Å². The third kappa shape index (κ3) is 9.03. The summed E-state index contributed by atoms with van der Waals surface area (Å²) in [6.45, 7) is 40.9. The molecule has 7 heteroatoms. The van der Waals surface area contributed by atoms with Crippen molar-refractivity contribution in [2.24, 2.45) is 0 Å². The second kappa shape index (κ2) is 17.2. The number of nitrogens with zero attached hydrogens (tertiary/aromatic N) is 3. The average molecular weight is 1130 g/mol. The van der Waals surface area contributed by atoms with Crippen LogP contribution in [0.3, 0.4) is 0 Å². The van der Waals surface area contributed by atoms with Crippen LogP contribution in [0.1, 0.15) is 131 Å². The van der Waals surface area contributed by atoms with Gasteiger partial charge in [0.05, 0.1) is 32.7 Å². The van der Waals surface area contributed by atoms with Crippen molar-refractivity contribution in [3.05, 3.63) is 131 Å². The maximum atomic E-state index is 12.9. The SMILES string of the molecule is CC(C)(C)c1cc(-c2cc(-c3ccccc3)ccn2)[c-]c(-c2cccc3c2nc(-c2cc(C(C)(C)C)cc(C(C)(C)C)c2O)n3-c2cc3c(c4c2[Si](C)(C)CCC4(C)C)C(C)(C)CC[Si]3(C)C)c1.[Pt].